The zero-order valence-corrected chi connectivity index (χ0v) is 15.5. The van der Waals surface area contributed by atoms with E-state index < -0.39 is 17.4 Å². The van der Waals surface area contributed by atoms with Crippen LogP contribution < -0.4 is 5.69 Å². The van der Waals surface area contributed by atoms with Crippen LogP contribution in [0, 0.1) is 0 Å². The Balaban J connectivity index is 2.73. The molecule has 126 valence electrons. The summed E-state index contributed by atoms with van der Waals surface area (Å²) >= 11 is 3.26. The smallest absolute Gasteiger partial charge is 0.424 e. The first-order chi connectivity index (χ1) is 10.7. The van der Waals surface area contributed by atoms with E-state index >= 15 is 0 Å². The number of halogens is 1. The SMILES string of the molecule is CCC(CC)n1c(=O)n(C(=O)OC(C)(C)C)c2ncc(Br)nc21. The van der Waals surface area contributed by atoms with Gasteiger partial charge in [0.25, 0.3) is 0 Å². The Morgan fingerprint density at radius 2 is 1.91 bits per heavy atom. The van der Waals surface area contributed by atoms with Gasteiger partial charge < -0.3 is 4.74 Å². The summed E-state index contributed by atoms with van der Waals surface area (Å²) in [6.45, 7) is 9.22. The molecule has 0 fully saturated rings. The number of rotatable bonds is 3. The van der Waals surface area contributed by atoms with E-state index in [1.165, 1.54) is 10.8 Å². The quantitative estimate of drug-likeness (QED) is 0.808. The van der Waals surface area contributed by atoms with Crippen molar-refractivity contribution in [3.63, 3.8) is 0 Å². The molecular weight excluding hydrogens is 364 g/mol. The standard InChI is InChI=1S/C15H21BrN4O3/c1-6-9(7-2)19-12-11(17-8-10(16)18-12)20(13(19)21)14(22)23-15(3,4)5/h8-9H,6-7H2,1-5H3. The predicted octanol–water partition coefficient (Wildman–Crippen LogP) is 3.50. The van der Waals surface area contributed by atoms with Gasteiger partial charge in [-0.2, -0.15) is 4.57 Å². The first-order valence-corrected chi connectivity index (χ1v) is 8.37. The van der Waals surface area contributed by atoms with Crippen LogP contribution in [0.15, 0.2) is 15.6 Å². The van der Waals surface area contributed by atoms with E-state index in [0.29, 0.717) is 10.3 Å². The molecule has 0 aliphatic rings. The molecule has 2 heterocycles. The van der Waals surface area contributed by atoms with E-state index in [1.807, 2.05) is 13.8 Å². The molecule has 0 aliphatic carbocycles. The second kappa shape index (κ2) is 6.43. The van der Waals surface area contributed by atoms with Crippen molar-refractivity contribution in [2.75, 3.05) is 0 Å². The summed E-state index contributed by atoms with van der Waals surface area (Å²) in [6.07, 6.45) is 2.21. The molecule has 23 heavy (non-hydrogen) atoms. The van der Waals surface area contributed by atoms with E-state index in [1.54, 1.807) is 20.8 Å². The van der Waals surface area contributed by atoms with E-state index in [9.17, 15) is 9.59 Å². The fourth-order valence-electron chi connectivity index (χ4n) is 2.42. The molecule has 7 nitrogen and oxygen atoms in total. The molecule has 8 heteroatoms. The molecule has 0 spiro atoms. The van der Waals surface area contributed by atoms with Gasteiger partial charge in [-0.15, -0.1) is 0 Å². The Kier molecular flexibility index (Phi) is 4.93. The monoisotopic (exact) mass is 384 g/mol. The topological polar surface area (TPSA) is 79.0 Å². The number of nitrogens with zero attached hydrogens (tertiary/aromatic N) is 4. The average molecular weight is 385 g/mol. The van der Waals surface area contributed by atoms with Crippen LogP contribution in [-0.4, -0.2) is 30.8 Å². The highest BCUT2D eigenvalue weighted by molar-refractivity contribution is 9.10. The van der Waals surface area contributed by atoms with Crippen molar-refractivity contribution in [3.05, 3.63) is 21.3 Å². The van der Waals surface area contributed by atoms with E-state index in [2.05, 4.69) is 25.9 Å². The number of hydrogen-bond acceptors (Lipinski definition) is 5. The van der Waals surface area contributed by atoms with Gasteiger partial charge in [-0.1, -0.05) is 13.8 Å². The molecule has 2 aromatic rings. The second-order valence-corrected chi connectivity index (χ2v) is 7.09. The third-order valence-electron chi connectivity index (χ3n) is 3.43. The first-order valence-electron chi connectivity index (χ1n) is 7.58. The van der Waals surface area contributed by atoms with Crippen LogP contribution >= 0.6 is 15.9 Å². The minimum atomic E-state index is -0.742. The third-order valence-corrected chi connectivity index (χ3v) is 3.81. The maximum atomic E-state index is 12.8. The Bertz CT molecular complexity index is 784. The van der Waals surface area contributed by atoms with Gasteiger partial charge in [0.1, 0.15) is 10.2 Å². The number of carbonyl (C=O) groups excluding carboxylic acids is 1. The van der Waals surface area contributed by atoms with Crippen LogP contribution in [0.4, 0.5) is 4.79 Å². The van der Waals surface area contributed by atoms with Crippen molar-refractivity contribution in [2.45, 2.75) is 59.1 Å². The lowest BCUT2D eigenvalue weighted by Crippen LogP contribution is -2.35. The minimum absolute atomic E-state index is 0.0581. The molecule has 0 saturated carbocycles. The summed E-state index contributed by atoms with van der Waals surface area (Å²) in [5.41, 5.74) is -0.591. The molecule has 2 rings (SSSR count). The number of ether oxygens (including phenoxy) is 1. The van der Waals surface area contributed by atoms with Gasteiger partial charge in [-0.25, -0.2) is 19.6 Å². The summed E-state index contributed by atoms with van der Waals surface area (Å²) < 4.78 is 8.32. The molecule has 0 unspecified atom stereocenters. The van der Waals surface area contributed by atoms with E-state index in [0.717, 1.165) is 17.4 Å². The van der Waals surface area contributed by atoms with Crippen LogP contribution in [0.1, 0.15) is 53.5 Å². The van der Waals surface area contributed by atoms with Gasteiger partial charge in [-0.05, 0) is 49.5 Å². The largest absolute Gasteiger partial charge is 0.443 e. The van der Waals surface area contributed by atoms with Crippen molar-refractivity contribution in [1.82, 2.24) is 19.1 Å². The highest BCUT2D eigenvalue weighted by atomic mass is 79.9. The van der Waals surface area contributed by atoms with Gasteiger partial charge >= 0.3 is 11.8 Å². The van der Waals surface area contributed by atoms with Crippen molar-refractivity contribution in [3.8, 4) is 0 Å². The predicted molar refractivity (Wildman–Crippen MR) is 90.7 cm³/mol. The molecular formula is C15H21BrN4O3. The number of fused-ring (bicyclic) bond motifs is 1. The lowest BCUT2D eigenvalue weighted by molar-refractivity contribution is 0.0535. The van der Waals surface area contributed by atoms with Crippen molar-refractivity contribution >= 4 is 33.3 Å². The van der Waals surface area contributed by atoms with Gasteiger partial charge in [0, 0.05) is 6.04 Å². The summed E-state index contributed by atoms with van der Waals surface area (Å²) in [7, 11) is 0. The third kappa shape index (κ3) is 3.46. The van der Waals surface area contributed by atoms with Gasteiger partial charge in [0.2, 0.25) is 0 Å². The normalized spacial score (nSPS) is 12.1. The zero-order valence-electron chi connectivity index (χ0n) is 14.0. The van der Waals surface area contributed by atoms with E-state index in [-0.39, 0.29) is 11.7 Å². The molecule has 0 aromatic carbocycles. The average Bonchev–Trinajstić information content (AvgIpc) is 2.71. The van der Waals surface area contributed by atoms with Gasteiger partial charge in [-0.3, -0.25) is 4.57 Å². The molecule has 0 radical (unpaired) electrons. The summed E-state index contributed by atoms with van der Waals surface area (Å²) in [5, 5.41) is 0. The Morgan fingerprint density at radius 1 is 1.30 bits per heavy atom. The van der Waals surface area contributed by atoms with Gasteiger partial charge in [0.15, 0.2) is 11.3 Å². The number of carbonyl (C=O) groups is 1. The Morgan fingerprint density at radius 3 is 2.43 bits per heavy atom. The molecule has 0 N–H and O–H groups in total. The number of imidazole rings is 1. The first kappa shape index (κ1) is 17.7. The minimum Gasteiger partial charge on any atom is -0.443 e. The maximum Gasteiger partial charge on any atom is 0.424 e. The lowest BCUT2D eigenvalue weighted by atomic mass is 10.2. The zero-order chi connectivity index (χ0) is 17.4. The fraction of sp³-hybridized carbons (Fsp3) is 0.600. The number of aromatic nitrogens is 4. The van der Waals surface area contributed by atoms with Crippen molar-refractivity contribution < 1.29 is 9.53 Å². The Hall–Kier alpha value is -1.70. The Labute approximate surface area is 142 Å². The van der Waals surface area contributed by atoms with Crippen LogP contribution in [0.3, 0.4) is 0 Å². The lowest BCUT2D eigenvalue weighted by Gasteiger charge is -2.19. The summed E-state index contributed by atoms with van der Waals surface area (Å²) in [5.74, 6) is 0. The van der Waals surface area contributed by atoms with Crippen LogP contribution in [0.5, 0.6) is 0 Å². The molecule has 0 saturated heterocycles. The molecule has 0 amide bonds. The molecule has 0 aliphatic heterocycles. The fourth-order valence-corrected chi connectivity index (χ4v) is 2.69. The maximum absolute atomic E-state index is 12.8. The highest BCUT2D eigenvalue weighted by Gasteiger charge is 2.27. The van der Waals surface area contributed by atoms with Crippen LogP contribution in [0.2, 0.25) is 0 Å². The van der Waals surface area contributed by atoms with Crippen LogP contribution in [-0.2, 0) is 4.74 Å². The van der Waals surface area contributed by atoms with Crippen molar-refractivity contribution in [1.29, 1.82) is 0 Å². The van der Waals surface area contributed by atoms with Crippen LogP contribution in [0.25, 0.3) is 11.3 Å². The van der Waals surface area contributed by atoms with E-state index in [4.69, 9.17) is 4.74 Å². The summed E-state index contributed by atoms with van der Waals surface area (Å²) in [4.78, 5) is 33.8. The molecule has 0 atom stereocenters. The second-order valence-electron chi connectivity index (χ2n) is 6.28. The van der Waals surface area contributed by atoms with Gasteiger partial charge in [0.05, 0.1) is 6.20 Å². The molecule has 2 aromatic heterocycles. The highest BCUT2D eigenvalue weighted by Crippen LogP contribution is 2.21. The number of hydrogen-bond donors (Lipinski definition) is 0. The van der Waals surface area contributed by atoms with Crippen molar-refractivity contribution in [2.24, 2.45) is 0 Å². The molecule has 0 bridgehead atoms. The summed E-state index contributed by atoms with van der Waals surface area (Å²) in [6, 6.07) is -0.0581.